The van der Waals surface area contributed by atoms with Crippen molar-refractivity contribution in [3.8, 4) is 0 Å². The van der Waals surface area contributed by atoms with Crippen LogP contribution >= 0.6 is 15.9 Å². The van der Waals surface area contributed by atoms with Gasteiger partial charge in [0.25, 0.3) is 5.91 Å². The Morgan fingerprint density at radius 2 is 2.19 bits per heavy atom. The molecule has 0 bridgehead atoms. The maximum absolute atomic E-state index is 11.6. The standard InChI is InChI=1S/C11H14BrNO3/c1-3-8-9(4-5-16-7(2)14)11(15)13-10(8)6-12/h6H,3-5H2,1-2H3,(H,13,15)/b10-6+. The van der Waals surface area contributed by atoms with E-state index in [2.05, 4.69) is 21.2 Å². The zero-order chi connectivity index (χ0) is 12.1. The predicted octanol–water partition coefficient (Wildman–Crippen LogP) is 2.01. The zero-order valence-corrected chi connectivity index (χ0v) is 10.9. The van der Waals surface area contributed by atoms with Crippen LogP contribution in [0.5, 0.6) is 0 Å². The molecule has 1 heterocycles. The Labute approximate surface area is 103 Å². The van der Waals surface area contributed by atoms with Gasteiger partial charge >= 0.3 is 5.97 Å². The molecule has 0 saturated carbocycles. The molecule has 1 amide bonds. The first-order valence-corrected chi connectivity index (χ1v) is 5.99. The molecule has 88 valence electrons. The molecule has 0 spiro atoms. The molecule has 0 unspecified atom stereocenters. The first-order chi connectivity index (χ1) is 7.60. The molecule has 0 saturated heterocycles. The lowest BCUT2D eigenvalue weighted by Gasteiger charge is -2.03. The van der Waals surface area contributed by atoms with E-state index in [0.717, 1.165) is 17.7 Å². The molecule has 1 rings (SSSR count). The normalized spacial score (nSPS) is 17.9. The minimum Gasteiger partial charge on any atom is -0.466 e. The molecule has 0 aliphatic carbocycles. The average Bonchev–Trinajstić information content (AvgIpc) is 2.54. The van der Waals surface area contributed by atoms with Crippen molar-refractivity contribution < 1.29 is 14.3 Å². The van der Waals surface area contributed by atoms with Gasteiger partial charge in [0.15, 0.2) is 0 Å². The van der Waals surface area contributed by atoms with E-state index in [9.17, 15) is 9.59 Å². The summed E-state index contributed by atoms with van der Waals surface area (Å²) >= 11 is 3.21. The zero-order valence-electron chi connectivity index (χ0n) is 9.30. The molecule has 0 fully saturated rings. The van der Waals surface area contributed by atoms with Crippen LogP contribution in [0, 0.1) is 0 Å². The molecule has 0 aromatic carbocycles. The third kappa shape index (κ3) is 2.95. The van der Waals surface area contributed by atoms with Gasteiger partial charge in [-0.25, -0.2) is 0 Å². The molecule has 1 aliphatic rings. The van der Waals surface area contributed by atoms with Gasteiger partial charge in [0, 0.05) is 23.9 Å². The summed E-state index contributed by atoms with van der Waals surface area (Å²) in [6.07, 6.45) is 1.23. The van der Waals surface area contributed by atoms with Crippen molar-refractivity contribution in [2.45, 2.75) is 26.7 Å². The summed E-state index contributed by atoms with van der Waals surface area (Å²) in [7, 11) is 0. The molecule has 1 N–H and O–H groups in total. The van der Waals surface area contributed by atoms with Gasteiger partial charge in [0.05, 0.1) is 12.3 Å². The van der Waals surface area contributed by atoms with Crippen LogP contribution in [0.25, 0.3) is 0 Å². The highest BCUT2D eigenvalue weighted by molar-refractivity contribution is 9.11. The summed E-state index contributed by atoms with van der Waals surface area (Å²) in [5.74, 6) is -0.428. The van der Waals surface area contributed by atoms with Crippen molar-refractivity contribution in [2.24, 2.45) is 0 Å². The lowest BCUT2D eigenvalue weighted by atomic mass is 10.0. The second-order valence-electron chi connectivity index (χ2n) is 3.38. The summed E-state index contributed by atoms with van der Waals surface area (Å²) in [6, 6.07) is 0. The average molecular weight is 288 g/mol. The van der Waals surface area contributed by atoms with E-state index in [0.29, 0.717) is 12.0 Å². The number of carbonyl (C=O) groups excluding carboxylic acids is 2. The quantitative estimate of drug-likeness (QED) is 0.805. The summed E-state index contributed by atoms with van der Waals surface area (Å²) < 4.78 is 4.83. The van der Waals surface area contributed by atoms with Crippen LogP contribution in [0.15, 0.2) is 21.8 Å². The number of hydrogen-bond donors (Lipinski definition) is 1. The monoisotopic (exact) mass is 287 g/mol. The molecule has 16 heavy (non-hydrogen) atoms. The third-order valence-electron chi connectivity index (χ3n) is 2.33. The summed E-state index contributed by atoms with van der Waals surface area (Å²) in [4.78, 5) is 23.9. The van der Waals surface area contributed by atoms with E-state index in [-0.39, 0.29) is 18.5 Å². The number of rotatable bonds is 4. The van der Waals surface area contributed by atoms with Crippen LogP contribution in [0.3, 0.4) is 0 Å². The summed E-state index contributed by atoms with van der Waals surface area (Å²) in [5, 5.41) is 2.75. The highest BCUT2D eigenvalue weighted by Crippen LogP contribution is 2.26. The Morgan fingerprint density at radius 1 is 1.50 bits per heavy atom. The van der Waals surface area contributed by atoms with E-state index < -0.39 is 0 Å². The smallest absolute Gasteiger partial charge is 0.302 e. The van der Waals surface area contributed by atoms with Crippen molar-refractivity contribution in [1.29, 1.82) is 0 Å². The molecule has 5 heteroatoms. The number of hydrogen-bond acceptors (Lipinski definition) is 3. The van der Waals surface area contributed by atoms with Gasteiger partial charge in [-0.15, -0.1) is 0 Å². The topological polar surface area (TPSA) is 55.4 Å². The van der Waals surface area contributed by atoms with Crippen molar-refractivity contribution >= 4 is 27.8 Å². The first-order valence-electron chi connectivity index (χ1n) is 5.07. The Hall–Kier alpha value is -1.10. The summed E-state index contributed by atoms with van der Waals surface area (Å²) in [5.41, 5.74) is 2.48. The number of amides is 1. The second-order valence-corrected chi connectivity index (χ2v) is 3.84. The number of carbonyl (C=O) groups is 2. The lowest BCUT2D eigenvalue weighted by molar-refractivity contribution is -0.141. The molecule has 0 radical (unpaired) electrons. The fourth-order valence-electron chi connectivity index (χ4n) is 1.63. The third-order valence-corrected chi connectivity index (χ3v) is 2.79. The van der Waals surface area contributed by atoms with E-state index in [1.54, 1.807) is 4.99 Å². The maximum Gasteiger partial charge on any atom is 0.302 e. The van der Waals surface area contributed by atoms with E-state index in [1.165, 1.54) is 6.92 Å². The Kier molecular flexibility index (Phi) is 4.73. The number of nitrogens with one attached hydrogen (secondary N) is 1. The number of esters is 1. The summed E-state index contributed by atoms with van der Waals surface area (Å²) in [6.45, 7) is 3.59. The van der Waals surface area contributed by atoms with Crippen LogP contribution < -0.4 is 5.32 Å². The van der Waals surface area contributed by atoms with Gasteiger partial charge in [-0.2, -0.15) is 0 Å². The predicted molar refractivity (Wildman–Crippen MR) is 63.7 cm³/mol. The Balaban J connectivity index is 2.74. The van der Waals surface area contributed by atoms with E-state index in [4.69, 9.17) is 4.74 Å². The number of ether oxygens (including phenoxy) is 1. The van der Waals surface area contributed by atoms with Crippen LogP contribution in [0.4, 0.5) is 0 Å². The van der Waals surface area contributed by atoms with Crippen molar-refractivity contribution in [2.75, 3.05) is 6.61 Å². The van der Waals surface area contributed by atoms with Gasteiger partial charge in [0.1, 0.15) is 0 Å². The molecule has 1 aliphatic heterocycles. The molecule has 0 atom stereocenters. The van der Waals surface area contributed by atoms with E-state index in [1.807, 2.05) is 6.92 Å². The second kappa shape index (κ2) is 5.84. The van der Waals surface area contributed by atoms with Gasteiger partial charge in [-0.05, 0) is 12.0 Å². The van der Waals surface area contributed by atoms with Crippen LogP contribution in [0.1, 0.15) is 26.7 Å². The minimum absolute atomic E-state index is 0.102. The van der Waals surface area contributed by atoms with Gasteiger partial charge in [-0.1, -0.05) is 22.9 Å². The number of allylic oxidation sites excluding steroid dienone is 1. The largest absolute Gasteiger partial charge is 0.466 e. The highest BCUT2D eigenvalue weighted by Gasteiger charge is 2.25. The van der Waals surface area contributed by atoms with Crippen LogP contribution in [0.2, 0.25) is 0 Å². The van der Waals surface area contributed by atoms with Crippen LogP contribution in [-0.4, -0.2) is 18.5 Å². The maximum atomic E-state index is 11.6. The molecule has 0 aromatic rings. The van der Waals surface area contributed by atoms with Crippen molar-refractivity contribution in [1.82, 2.24) is 5.32 Å². The molecular formula is C11H14BrNO3. The fourth-order valence-corrected chi connectivity index (χ4v) is 2.02. The van der Waals surface area contributed by atoms with Gasteiger partial charge in [-0.3, -0.25) is 9.59 Å². The first kappa shape index (κ1) is 13.0. The van der Waals surface area contributed by atoms with Gasteiger partial charge in [0.2, 0.25) is 0 Å². The van der Waals surface area contributed by atoms with Crippen molar-refractivity contribution in [3.63, 3.8) is 0 Å². The Morgan fingerprint density at radius 3 is 2.69 bits per heavy atom. The van der Waals surface area contributed by atoms with Gasteiger partial charge < -0.3 is 10.1 Å². The van der Waals surface area contributed by atoms with Crippen LogP contribution in [-0.2, 0) is 14.3 Å². The molecule has 0 aromatic heterocycles. The van der Waals surface area contributed by atoms with Crippen molar-refractivity contribution in [3.05, 3.63) is 21.8 Å². The Bertz CT molecular complexity index is 371. The fraction of sp³-hybridized carbons (Fsp3) is 0.455. The lowest BCUT2D eigenvalue weighted by Crippen LogP contribution is -2.17. The molecular weight excluding hydrogens is 274 g/mol. The van der Waals surface area contributed by atoms with E-state index >= 15 is 0 Å². The highest BCUT2D eigenvalue weighted by atomic mass is 79.9. The molecule has 4 nitrogen and oxygen atoms in total. The number of halogens is 1. The SMILES string of the molecule is CCC1=C(CCOC(C)=O)C(=O)N/C1=C/Br. The minimum atomic E-state index is -0.326.